The molecule has 0 radical (unpaired) electrons. The maximum Gasteiger partial charge on any atom is 0.418 e. The average Bonchev–Trinajstić information content (AvgIpc) is 3.64. The van der Waals surface area contributed by atoms with Crippen LogP contribution in [0.4, 0.5) is 29.3 Å². The Morgan fingerprint density at radius 1 is 1.11 bits per heavy atom. The van der Waals surface area contributed by atoms with Crippen LogP contribution in [0.5, 0.6) is 5.75 Å². The number of pyridine rings is 1. The zero-order valence-electron chi connectivity index (χ0n) is 18.8. The first-order valence-electron chi connectivity index (χ1n) is 10.7. The van der Waals surface area contributed by atoms with Crippen molar-refractivity contribution in [3.63, 3.8) is 0 Å². The van der Waals surface area contributed by atoms with Gasteiger partial charge < -0.3 is 20.7 Å². The second kappa shape index (κ2) is 10.3. The first kappa shape index (κ1) is 25.6. The van der Waals surface area contributed by atoms with E-state index in [9.17, 15) is 22.8 Å². The normalized spacial score (nSPS) is 13.7. The molecule has 1 aromatic carbocycles. The van der Waals surface area contributed by atoms with Crippen molar-refractivity contribution >= 4 is 35.0 Å². The lowest BCUT2D eigenvalue weighted by molar-refractivity contribution is -0.137. The second-order valence-corrected chi connectivity index (χ2v) is 8.42. The summed E-state index contributed by atoms with van der Waals surface area (Å²) in [6.45, 7) is 0.0236. The van der Waals surface area contributed by atoms with Crippen LogP contribution in [-0.4, -0.2) is 32.5 Å². The monoisotopic (exact) mass is 531 g/mol. The Kier molecular flexibility index (Phi) is 7.12. The van der Waals surface area contributed by atoms with Gasteiger partial charge in [-0.05, 0) is 43.2 Å². The summed E-state index contributed by atoms with van der Waals surface area (Å²) in [5.41, 5.74) is -1.48. The Balaban J connectivity index is 1.31. The van der Waals surface area contributed by atoms with Crippen molar-refractivity contribution in [2.24, 2.45) is 0 Å². The third-order valence-corrected chi connectivity index (χ3v) is 5.52. The van der Waals surface area contributed by atoms with Crippen molar-refractivity contribution in [3.05, 3.63) is 71.0 Å². The van der Waals surface area contributed by atoms with Crippen molar-refractivity contribution in [1.82, 2.24) is 25.6 Å². The molecule has 10 nitrogen and oxygen atoms in total. The minimum absolute atomic E-state index is 0.00608. The summed E-state index contributed by atoms with van der Waals surface area (Å²) in [5, 5.41) is 16.5. The third kappa shape index (κ3) is 6.42. The minimum atomic E-state index is -4.60. The predicted molar refractivity (Wildman–Crippen MR) is 124 cm³/mol. The highest BCUT2D eigenvalue weighted by Crippen LogP contribution is 2.38. The van der Waals surface area contributed by atoms with E-state index in [-0.39, 0.29) is 28.8 Å². The lowest BCUT2D eigenvalue weighted by atomic mass is 10.1. The molecule has 1 aliphatic rings. The van der Waals surface area contributed by atoms with E-state index in [2.05, 4.69) is 30.9 Å². The highest BCUT2D eigenvalue weighted by molar-refractivity contribution is 6.30. The number of aromatic nitrogens is 3. The summed E-state index contributed by atoms with van der Waals surface area (Å²) in [5.74, 6) is -0.522. The molecule has 1 saturated carbocycles. The van der Waals surface area contributed by atoms with Crippen LogP contribution < -0.4 is 20.7 Å². The molecule has 37 heavy (non-hydrogen) atoms. The van der Waals surface area contributed by atoms with Crippen LogP contribution in [0.1, 0.15) is 29.9 Å². The lowest BCUT2D eigenvalue weighted by Crippen LogP contribution is -2.49. The number of ether oxygens (including phenoxy) is 1. The molecule has 4 rings (SSSR count). The molecule has 2 amide bonds. The van der Waals surface area contributed by atoms with Crippen molar-refractivity contribution < 1.29 is 27.5 Å². The molecule has 3 aromatic rings. The van der Waals surface area contributed by atoms with Gasteiger partial charge in [0.05, 0.1) is 47.8 Å². The first-order valence-corrected chi connectivity index (χ1v) is 11.0. The molecule has 0 spiro atoms. The van der Waals surface area contributed by atoms with Crippen LogP contribution in [-0.2, 0) is 17.5 Å². The van der Waals surface area contributed by atoms with Crippen LogP contribution >= 0.6 is 11.6 Å². The fraction of sp³-hybridized carbons (Fsp3) is 0.217. The maximum absolute atomic E-state index is 13.3. The van der Waals surface area contributed by atoms with E-state index in [0.29, 0.717) is 24.2 Å². The Morgan fingerprint density at radius 2 is 1.84 bits per heavy atom. The quantitative estimate of drug-likeness (QED) is 0.414. The van der Waals surface area contributed by atoms with E-state index in [4.69, 9.17) is 21.6 Å². The molecule has 14 heteroatoms. The Bertz CT molecular complexity index is 1360. The number of benzene rings is 1. The third-order valence-electron chi connectivity index (χ3n) is 5.29. The van der Waals surface area contributed by atoms with Gasteiger partial charge in [0.15, 0.2) is 5.75 Å². The summed E-state index contributed by atoms with van der Waals surface area (Å²) in [6, 6.07) is 8.19. The maximum atomic E-state index is 13.3. The van der Waals surface area contributed by atoms with Gasteiger partial charge in [-0.1, -0.05) is 11.6 Å². The predicted octanol–water partition coefficient (Wildman–Crippen LogP) is 4.10. The average molecular weight is 532 g/mol. The van der Waals surface area contributed by atoms with Crippen LogP contribution in [0.25, 0.3) is 0 Å². The number of anilines is 2. The zero-order valence-corrected chi connectivity index (χ0v) is 19.5. The van der Waals surface area contributed by atoms with Gasteiger partial charge in [0.1, 0.15) is 11.6 Å². The molecular weight excluding hydrogens is 515 g/mol. The number of alkyl halides is 3. The van der Waals surface area contributed by atoms with Gasteiger partial charge in [0.25, 0.3) is 0 Å². The molecule has 1 aliphatic carbocycles. The molecule has 190 valence electrons. The summed E-state index contributed by atoms with van der Waals surface area (Å²) in [6.07, 6.45) is -1.03. The molecule has 0 atom stereocenters. The fourth-order valence-corrected chi connectivity index (χ4v) is 3.42. The largest absolute Gasteiger partial charge is 0.418 e. The van der Waals surface area contributed by atoms with Gasteiger partial charge in [-0.3, -0.25) is 9.78 Å². The molecule has 0 unspecified atom stereocenters. The standard InChI is InChI=1S/C23H17ClF3N7O3/c24-13-1-4-18(17(7-13)23(25,26)27)33-15-3-2-14(29-10-15)9-32-20(35)22(5-6-22)34-21(36)37-16-11-30-19(8-28)31-12-16/h1-4,7,10-12,33H,5-6,9H2,(H,32,35)(H,34,36). The van der Waals surface area contributed by atoms with E-state index in [1.54, 1.807) is 6.07 Å². The molecule has 1 fully saturated rings. The zero-order chi connectivity index (χ0) is 26.6. The van der Waals surface area contributed by atoms with Crippen molar-refractivity contribution in [3.8, 4) is 11.8 Å². The fourth-order valence-electron chi connectivity index (χ4n) is 3.25. The van der Waals surface area contributed by atoms with Gasteiger partial charge in [-0.2, -0.15) is 18.4 Å². The number of nitriles is 1. The number of hydrogen-bond donors (Lipinski definition) is 3. The SMILES string of the molecule is N#Cc1ncc(OC(=O)NC2(C(=O)NCc3ccc(Nc4ccc(Cl)cc4C(F)(F)F)cn3)CC2)cn1. The number of nitrogens with zero attached hydrogens (tertiary/aromatic N) is 4. The summed E-state index contributed by atoms with van der Waals surface area (Å²) in [4.78, 5) is 36.3. The molecular formula is C23H17ClF3N7O3. The molecule has 2 heterocycles. The Hall–Kier alpha value is -4.44. The molecule has 2 aromatic heterocycles. The summed E-state index contributed by atoms with van der Waals surface area (Å²) < 4.78 is 44.9. The molecule has 0 bridgehead atoms. The number of carbonyl (C=O) groups is 2. The van der Waals surface area contributed by atoms with Crippen LogP contribution in [0.3, 0.4) is 0 Å². The number of halogens is 4. The van der Waals surface area contributed by atoms with Crippen LogP contribution in [0.15, 0.2) is 48.9 Å². The number of nitrogens with one attached hydrogen (secondary N) is 3. The topological polar surface area (TPSA) is 142 Å². The van der Waals surface area contributed by atoms with E-state index < -0.39 is 29.3 Å². The van der Waals surface area contributed by atoms with Gasteiger partial charge in [0, 0.05) is 5.02 Å². The van der Waals surface area contributed by atoms with Crippen molar-refractivity contribution in [1.29, 1.82) is 5.26 Å². The van der Waals surface area contributed by atoms with Gasteiger partial charge >= 0.3 is 12.3 Å². The van der Waals surface area contributed by atoms with Crippen molar-refractivity contribution in [2.75, 3.05) is 5.32 Å². The molecule has 3 N–H and O–H groups in total. The van der Waals surface area contributed by atoms with Gasteiger partial charge in [-0.15, -0.1) is 0 Å². The molecule has 0 saturated heterocycles. The van der Waals surface area contributed by atoms with Crippen molar-refractivity contribution in [2.45, 2.75) is 31.1 Å². The highest BCUT2D eigenvalue weighted by Gasteiger charge is 2.51. The number of hydrogen-bond acceptors (Lipinski definition) is 8. The number of amides is 2. The van der Waals surface area contributed by atoms with E-state index in [1.165, 1.54) is 30.5 Å². The Morgan fingerprint density at radius 3 is 2.43 bits per heavy atom. The lowest BCUT2D eigenvalue weighted by Gasteiger charge is -2.17. The minimum Gasteiger partial charge on any atom is -0.407 e. The first-order chi connectivity index (χ1) is 17.6. The smallest absolute Gasteiger partial charge is 0.407 e. The van der Waals surface area contributed by atoms with Crippen LogP contribution in [0, 0.1) is 11.3 Å². The van der Waals surface area contributed by atoms with Gasteiger partial charge in [-0.25, -0.2) is 14.8 Å². The number of rotatable bonds is 7. The number of carbonyl (C=O) groups excluding carboxylic acids is 2. The molecule has 0 aliphatic heterocycles. The summed E-state index contributed by atoms with van der Waals surface area (Å²) >= 11 is 5.70. The summed E-state index contributed by atoms with van der Waals surface area (Å²) in [7, 11) is 0. The van der Waals surface area contributed by atoms with E-state index in [1.807, 2.05) is 0 Å². The second-order valence-electron chi connectivity index (χ2n) is 7.98. The van der Waals surface area contributed by atoms with E-state index >= 15 is 0 Å². The van der Waals surface area contributed by atoms with E-state index in [0.717, 1.165) is 18.5 Å². The highest BCUT2D eigenvalue weighted by atomic mass is 35.5. The Labute approximate surface area is 212 Å². The van der Waals surface area contributed by atoms with Gasteiger partial charge in [0.2, 0.25) is 11.7 Å². The van der Waals surface area contributed by atoms with Crippen LogP contribution in [0.2, 0.25) is 5.02 Å².